The van der Waals surface area contributed by atoms with Crippen molar-refractivity contribution >= 4 is 28.5 Å². The van der Waals surface area contributed by atoms with Crippen molar-refractivity contribution < 1.29 is 22.5 Å². The lowest BCUT2D eigenvalue weighted by Crippen LogP contribution is -2.25. The molecule has 35 heavy (non-hydrogen) atoms. The first kappa shape index (κ1) is 24.4. The van der Waals surface area contributed by atoms with E-state index in [1.54, 1.807) is 30.3 Å². The Morgan fingerprint density at radius 3 is 2.46 bits per heavy atom. The van der Waals surface area contributed by atoms with Crippen LogP contribution >= 0.6 is 11.6 Å². The fourth-order valence-electron chi connectivity index (χ4n) is 3.09. The van der Waals surface area contributed by atoms with Gasteiger partial charge in [0, 0.05) is 28.6 Å². The van der Waals surface area contributed by atoms with Gasteiger partial charge in [0.1, 0.15) is 0 Å². The summed E-state index contributed by atoms with van der Waals surface area (Å²) < 4.78 is 46.7. The Hall–Kier alpha value is -3.69. The Balaban J connectivity index is 1.37. The number of benzene rings is 3. The Morgan fingerprint density at radius 2 is 1.74 bits per heavy atom. The quantitative estimate of drug-likeness (QED) is 0.352. The van der Waals surface area contributed by atoms with Crippen molar-refractivity contribution in [2.24, 2.45) is 0 Å². The van der Waals surface area contributed by atoms with Gasteiger partial charge in [-0.25, -0.2) is 13.0 Å². The van der Waals surface area contributed by atoms with Crippen molar-refractivity contribution in [3.63, 3.8) is 0 Å². The van der Waals surface area contributed by atoms with Crippen LogP contribution in [0.4, 0.5) is 8.78 Å². The minimum Gasteiger partial charge on any atom is -0.476 e. The number of aromatic nitrogens is 2. The van der Waals surface area contributed by atoms with Gasteiger partial charge in [0.05, 0.1) is 17.2 Å². The number of hydrogen-bond acceptors (Lipinski definition) is 5. The molecule has 0 aliphatic rings. The van der Waals surface area contributed by atoms with Gasteiger partial charge in [-0.15, -0.1) is 10.2 Å². The van der Waals surface area contributed by atoms with Crippen LogP contribution in [0.1, 0.15) is 15.9 Å². The highest BCUT2D eigenvalue weighted by molar-refractivity contribution is 7.83. The zero-order chi connectivity index (χ0) is 24.8. The lowest BCUT2D eigenvalue weighted by atomic mass is 10.1. The second-order valence-electron chi connectivity index (χ2n) is 7.34. The molecule has 0 bridgehead atoms. The molecule has 4 rings (SSSR count). The third-order valence-electron chi connectivity index (χ3n) is 4.91. The van der Waals surface area contributed by atoms with Gasteiger partial charge < -0.3 is 4.74 Å². The Labute approximate surface area is 207 Å². The molecule has 1 unspecified atom stereocenters. The van der Waals surface area contributed by atoms with E-state index in [2.05, 4.69) is 14.9 Å². The molecular weight excluding hydrogens is 496 g/mol. The molecular formula is C25H18ClF2N3O3S. The summed E-state index contributed by atoms with van der Waals surface area (Å²) >= 11 is 5.88. The first-order chi connectivity index (χ1) is 16.9. The largest absolute Gasteiger partial charge is 0.476 e. The number of nitrogens with one attached hydrogen (secondary N) is 1. The van der Waals surface area contributed by atoms with Crippen LogP contribution in [0.25, 0.3) is 11.3 Å². The van der Waals surface area contributed by atoms with E-state index < -0.39 is 28.5 Å². The van der Waals surface area contributed by atoms with Crippen LogP contribution in [0.2, 0.25) is 5.02 Å². The van der Waals surface area contributed by atoms with Gasteiger partial charge in [0.25, 0.3) is 5.91 Å². The molecule has 0 radical (unpaired) electrons. The summed E-state index contributed by atoms with van der Waals surface area (Å²) in [6, 6.07) is 20.1. The summed E-state index contributed by atoms with van der Waals surface area (Å²) in [5, 5.41) is 8.90. The number of carbonyl (C=O) groups excluding carboxylic acids is 1. The molecule has 1 atom stereocenters. The lowest BCUT2D eigenvalue weighted by molar-refractivity contribution is 0.0983. The van der Waals surface area contributed by atoms with E-state index in [-0.39, 0.29) is 10.5 Å². The van der Waals surface area contributed by atoms with Crippen molar-refractivity contribution in [2.75, 3.05) is 6.61 Å². The predicted molar refractivity (Wildman–Crippen MR) is 128 cm³/mol. The van der Waals surface area contributed by atoms with E-state index in [1.165, 1.54) is 6.07 Å². The molecule has 10 heteroatoms. The average molecular weight is 514 g/mol. The first-order valence-corrected chi connectivity index (χ1v) is 11.9. The maximum absolute atomic E-state index is 13.4. The van der Waals surface area contributed by atoms with E-state index in [1.807, 2.05) is 24.3 Å². The predicted octanol–water partition coefficient (Wildman–Crippen LogP) is 5.15. The van der Waals surface area contributed by atoms with Crippen LogP contribution in [-0.2, 0) is 17.4 Å². The van der Waals surface area contributed by atoms with Crippen LogP contribution in [-0.4, -0.2) is 26.9 Å². The number of rotatable bonds is 8. The fourth-order valence-corrected chi connectivity index (χ4v) is 4.02. The van der Waals surface area contributed by atoms with E-state index in [4.69, 9.17) is 16.3 Å². The third kappa shape index (κ3) is 6.46. The normalized spacial score (nSPS) is 11.6. The Bertz CT molecular complexity index is 1370. The smallest absolute Gasteiger partial charge is 0.263 e. The van der Waals surface area contributed by atoms with Gasteiger partial charge in [-0.1, -0.05) is 35.9 Å². The molecule has 1 aromatic heterocycles. The number of nitrogens with zero attached hydrogens (tertiary/aromatic N) is 2. The number of hydrogen-bond donors (Lipinski definition) is 1. The Morgan fingerprint density at radius 1 is 0.943 bits per heavy atom. The van der Waals surface area contributed by atoms with Gasteiger partial charge in [0.2, 0.25) is 5.88 Å². The highest BCUT2D eigenvalue weighted by Crippen LogP contribution is 2.20. The highest BCUT2D eigenvalue weighted by Gasteiger charge is 2.14. The molecule has 1 amide bonds. The molecule has 3 aromatic carbocycles. The highest BCUT2D eigenvalue weighted by atomic mass is 35.5. The summed E-state index contributed by atoms with van der Waals surface area (Å²) in [6.45, 7) is 0.417. The maximum Gasteiger partial charge on any atom is 0.263 e. The molecule has 1 N–H and O–H groups in total. The topological polar surface area (TPSA) is 81.2 Å². The monoisotopic (exact) mass is 513 g/mol. The second kappa shape index (κ2) is 11.2. The van der Waals surface area contributed by atoms with Crippen LogP contribution in [0.15, 0.2) is 83.8 Å². The number of ether oxygens (including phenoxy) is 1. The third-order valence-corrected chi connectivity index (χ3v) is 6.21. The fraction of sp³-hybridized carbons (Fsp3) is 0.0800. The maximum atomic E-state index is 13.4. The molecule has 1 heterocycles. The molecule has 0 spiro atoms. The minimum atomic E-state index is -2.06. The zero-order valence-electron chi connectivity index (χ0n) is 18.1. The molecule has 0 saturated heterocycles. The molecule has 0 aliphatic heterocycles. The first-order valence-electron chi connectivity index (χ1n) is 10.4. The van der Waals surface area contributed by atoms with Gasteiger partial charge in [0.15, 0.2) is 22.6 Å². The summed E-state index contributed by atoms with van der Waals surface area (Å²) in [5.74, 6) is -2.50. The van der Waals surface area contributed by atoms with Gasteiger partial charge in [-0.05, 0) is 54.1 Å². The standard InChI is InChI=1S/C25H18ClF2N3O3S/c26-19-6-4-16(5-7-19)12-13-34-24-11-10-23(29-30-24)17-2-1-3-18(14-17)25(32)31-35(33)20-8-9-21(27)22(28)15-20/h1-11,14-15H,12-13H2,(H,31,32). The SMILES string of the molecule is O=C(NS(=O)c1ccc(F)c(F)c1)c1cccc(-c2ccc(OCCc3ccc(Cl)cc3)nn2)c1. The van der Waals surface area contributed by atoms with Crippen molar-refractivity contribution in [3.8, 4) is 17.1 Å². The lowest BCUT2D eigenvalue weighted by Gasteiger charge is -2.08. The molecule has 6 nitrogen and oxygen atoms in total. The van der Waals surface area contributed by atoms with Crippen molar-refractivity contribution in [1.29, 1.82) is 0 Å². The Kier molecular flexibility index (Phi) is 7.79. The van der Waals surface area contributed by atoms with Crippen molar-refractivity contribution in [2.45, 2.75) is 11.3 Å². The van der Waals surface area contributed by atoms with Crippen LogP contribution in [0.5, 0.6) is 5.88 Å². The van der Waals surface area contributed by atoms with Crippen molar-refractivity contribution in [1.82, 2.24) is 14.9 Å². The molecule has 0 fully saturated rings. The number of halogens is 3. The van der Waals surface area contributed by atoms with E-state index >= 15 is 0 Å². The van der Waals surface area contributed by atoms with E-state index in [0.29, 0.717) is 35.2 Å². The summed E-state index contributed by atoms with van der Waals surface area (Å²) in [7, 11) is -2.06. The number of amides is 1. The number of carbonyl (C=O) groups is 1. The van der Waals surface area contributed by atoms with Crippen LogP contribution in [0, 0.1) is 11.6 Å². The van der Waals surface area contributed by atoms with Crippen molar-refractivity contribution in [3.05, 3.63) is 107 Å². The molecule has 0 aliphatic carbocycles. The van der Waals surface area contributed by atoms with E-state index in [0.717, 1.165) is 23.8 Å². The summed E-state index contributed by atoms with van der Waals surface area (Å²) in [5.41, 5.74) is 2.41. The summed E-state index contributed by atoms with van der Waals surface area (Å²) in [6.07, 6.45) is 0.684. The van der Waals surface area contributed by atoms with Crippen LogP contribution < -0.4 is 9.46 Å². The van der Waals surface area contributed by atoms with Gasteiger partial charge in [-0.2, -0.15) is 0 Å². The van der Waals surface area contributed by atoms with Gasteiger partial charge in [-0.3, -0.25) is 9.52 Å². The zero-order valence-corrected chi connectivity index (χ0v) is 19.7. The molecule has 0 saturated carbocycles. The van der Waals surface area contributed by atoms with Gasteiger partial charge >= 0.3 is 0 Å². The summed E-state index contributed by atoms with van der Waals surface area (Å²) in [4.78, 5) is 12.5. The minimum absolute atomic E-state index is 0.0640. The van der Waals surface area contributed by atoms with E-state index in [9.17, 15) is 17.8 Å². The molecule has 4 aromatic rings. The van der Waals surface area contributed by atoms with Crippen LogP contribution in [0.3, 0.4) is 0 Å². The second-order valence-corrected chi connectivity index (χ2v) is 8.99. The average Bonchev–Trinajstić information content (AvgIpc) is 2.87. The molecule has 178 valence electrons.